The second kappa shape index (κ2) is 4.94. The molecule has 1 aliphatic heterocycles. The van der Waals surface area contributed by atoms with Gasteiger partial charge in [0.05, 0.1) is 5.71 Å². The van der Waals surface area contributed by atoms with Crippen molar-refractivity contribution in [3.8, 4) is 0 Å². The van der Waals surface area contributed by atoms with E-state index in [1.807, 2.05) is 13.8 Å². The molecule has 0 radical (unpaired) electrons. The van der Waals surface area contributed by atoms with E-state index in [2.05, 4.69) is 20.8 Å². The Morgan fingerprint density at radius 1 is 1.59 bits per heavy atom. The molecule has 1 heterocycles. The second-order valence-electron chi connectivity index (χ2n) is 4.68. The Morgan fingerprint density at radius 3 is 2.82 bits per heavy atom. The Bertz CT molecular complexity index is 398. The molecule has 0 aromatic carbocycles. The van der Waals surface area contributed by atoms with Gasteiger partial charge in [-0.2, -0.15) is 5.10 Å². The van der Waals surface area contributed by atoms with Crippen LogP contribution >= 0.6 is 0 Å². The molecule has 17 heavy (non-hydrogen) atoms. The Balaban J connectivity index is 2.87. The third-order valence-corrected chi connectivity index (χ3v) is 2.28. The third-order valence-electron chi connectivity index (χ3n) is 2.28. The van der Waals surface area contributed by atoms with Crippen molar-refractivity contribution in [3.05, 3.63) is 0 Å². The maximum atomic E-state index is 11.7. The molecule has 0 aromatic heterocycles. The Hall–Kier alpha value is -1.92. The predicted octanol–water partition coefficient (Wildman–Crippen LogP) is -0.372. The lowest BCUT2D eigenvalue weighted by Crippen LogP contribution is -2.38. The number of carbonyl (C=O) groups excluding carboxylic acids is 2. The van der Waals surface area contributed by atoms with Crippen LogP contribution in [0.15, 0.2) is 10.1 Å². The first kappa shape index (κ1) is 13.1. The average Bonchev–Trinajstić information content (AvgIpc) is 2.35. The van der Waals surface area contributed by atoms with Crippen molar-refractivity contribution >= 4 is 23.4 Å². The molecule has 7 nitrogen and oxygen atoms in total. The molecule has 0 aliphatic carbocycles. The zero-order valence-electron chi connectivity index (χ0n) is 10.2. The van der Waals surface area contributed by atoms with Gasteiger partial charge in [0.1, 0.15) is 5.71 Å². The minimum absolute atomic E-state index is 0.0885. The van der Waals surface area contributed by atoms with E-state index in [4.69, 9.17) is 5.73 Å². The summed E-state index contributed by atoms with van der Waals surface area (Å²) in [5.41, 5.74) is 7.42. The van der Waals surface area contributed by atoms with E-state index < -0.39 is 6.03 Å². The summed E-state index contributed by atoms with van der Waals surface area (Å²) in [4.78, 5) is 26.4. The van der Waals surface area contributed by atoms with Crippen molar-refractivity contribution in [2.45, 2.75) is 20.8 Å². The van der Waals surface area contributed by atoms with Gasteiger partial charge in [0.2, 0.25) is 0 Å². The quantitative estimate of drug-likeness (QED) is 0.451. The summed E-state index contributed by atoms with van der Waals surface area (Å²) in [7, 11) is 0. The minimum atomic E-state index is -0.778. The summed E-state index contributed by atoms with van der Waals surface area (Å²) in [6, 6.07) is -0.778. The normalized spacial score (nSPS) is 20.1. The van der Waals surface area contributed by atoms with Crippen LogP contribution in [0.2, 0.25) is 0 Å². The van der Waals surface area contributed by atoms with Crippen LogP contribution in [0.3, 0.4) is 0 Å². The molecule has 0 spiro atoms. The molecule has 7 heteroatoms. The van der Waals surface area contributed by atoms with Gasteiger partial charge in [0, 0.05) is 18.5 Å². The number of rotatable bonds is 2. The van der Waals surface area contributed by atoms with E-state index in [0.29, 0.717) is 18.8 Å². The zero-order chi connectivity index (χ0) is 13.1. The van der Waals surface area contributed by atoms with Crippen molar-refractivity contribution in [2.24, 2.45) is 21.2 Å². The predicted molar refractivity (Wildman–Crippen MR) is 64.9 cm³/mol. The van der Waals surface area contributed by atoms with E-state index in [0.717, 1.165) is 0 Å². The van der Waals surface area contributed by atoms with Crippen LogP contribution in [0.1, 0.15) is 20.8 Å². The molecule has 0 bridgehead atoms. The van der Waals surface area contributed by atoms with Crippen molar-refractivity contribution in [1.82, 2.24) is 10.7 Å². The number of hydrogen-bond donors (Lipinski definition) is 3. The number of nitrogens with zero attached hydrogens (tertiary/aromatic N) is 2. The summed E-state index contributed by atoms with van der Waals surface area (Å²) >= 11 is 0. The molecule has 0 aromatic rings. The third kappa shape index (κ3) is 3.86. The first-order valence-corrected chi connectivity index (χ1v) is 5.24. The molecule has 94 valence electrons. The Morgan fingerprint density at radius 2 is 2.24 bits per heavy atom. The molecule has 4 N–H and O–H groups in total. The van der Waals surface area contributed by atoms with Crippen LogP contribution < -0.4 is 16.5 Å². The SMILES string of the molecule is C/C(=N/NC(N)=O)C1=NCC(C)(C)CNC1=O. The van der Waals surface area contributed by atoms with Crippen LogP contribution in [-0.4, -0.2) is 36.5 Å². The zero-order valence-corrected chi connectivity index (χ0v) is 10.2. The fourth-order valence-electron chi connectivity index (χ4n) is 1.29. The standard InChI is InChI=1S/C10H17N5O2/c1-6(14-15-9(11)17)7-8(16)13-5-10(2,3)4-12-7/h4-5H2,1-3H3,(H,13,16)(H3,11,15,17)/b14-6-. The summed E-state index contributed by atoms with van der Waals surface area (Å²) in [6.07, 6.45) is 0. The smallest absolute Gasteiger partial charge is 0.332 e. The van der Waals surface area contributed by atoms with Gasteiger partial charge in [-0.05, 0) is 6.92 Å². The second-order valence-corrected chi connectivity index (χ2v) is 4.68. The van der Waals surface area contributed by atoms with Crippen molar-refractivity contribution in [2.75, 3.05) is 13.1 Å². The summed E-state index contributed by atoms with van der Waals surface area (Å²) in [6.45, 7) is 6.67. The average molecular weight is 239 g/mol. The Labute approximate surface area is 99.5 Å². The number of primary amides is 1. The number of nitrogens with one attached hydrogen (secondary N) is 2. The molecule has 0 saturated heterocycles. The highest BCUT2D eigenvalue weighted by atomic mass is 16.2. The lowest BCUT2D eigenvalue weighted by Gasteiger charge is -2.19. The summed E-state index contributed by atoms with van der Waals surface area (Å²) < 4.78 is 0. The molecule has 1 rings (SSSR count). The highest BCUT2D eigenvalue weighted by molar-refractivity contribution is 6.66. The monoisotopic (exact) mass is 239 g/mol. The first-order valence-electron chi connectivity index (χ1n) is 5.24. The molecule has 3 amide bonds. The fourth-order valence-corrected chi connectivity index (χ4v) is 1.29. The van der Waals surface area contributed by atoms with Crippen molar-refractivity contribution in [3.63, 3.8) is 0 Å². The van der Waals surface area contributed by atoms with Gasteiger partial charge in [-0.15, -0.1) is 0 Å². The van der Waals surface area contributed by atoms with Gasteiger partial charge < -0.3 is 11.1 Å². The summed E-state index contributed by atoms with van der Waals surface area (Å²) in [5.74, 6) is -0.289. The van der Waals surface area contributed by atoms with Gasteiger partial charge in [-0.1, -0.05) is 13.8 Å². The number of urea groups is 1. The van der Waals surface area contributed by atoms with Crippen molar-refractivity contribution < 1.29 is 9.59 Å². The topological polar surface area (TPSA) is 109 Å². The van der Waals surface area contributed by atoms with E-state index >= 15 is 0 Å². The van der Waals surface area contributed by atoms with Crippen molar-refractivity contribution in [1.29, 1.82) is 0 Å². The maximum absolute atomic E-state index is 11.7. The number of aliphatic imine (C=N–C) groups is 1. The van der Waals surface area contributed by atoms with Gasteiger partial charge in [-0.3, -0.25) is 9.79 Å². The van der Waals surface area contributed by atoms with Crippen LogP contribution in [0.5, 0.6) is 0 Å². The molecule has 0 fully saturated rings. The van der Waals surface area contributed by atoms with Crippen LogP contribution in [0.25, 0.3) is 0 Å². The molecular weight excluding hydrogens is 222 g/mol. The fraction of sp³-hybridized carbons (Fsp3) is 0.600. The van der Waals surface area contributed by atoms with Gasteiger partial charge in [0.25, 0.3) is 5.91 Å². The molecule has 0 atom stereocenters. The maximum Gasteiger partial charge on any atom is 0.332 e. The van der Waals surface area contributed by atoms with Crippen LogP contribution in [-0.2, 0) is 4.79 Å². The largest absolute Gasteiger partial charge is 0.350 e. The van der Waals surface area contributed by atoms with Gasteiger partial charge >= 0.3 is 6.03 Å². The van der Waals surface area contributed by atoms with Gasteiger partial charge in [-0.25, -0.2) is 10.2 Å². The van der Waals surface area contributed by atoms with Gasteiger partial charge in [0.15, 0.2) is 0 Å². The lowest BCUT2D eigenvalue weighted by atomic mass is 9.94. The molecule has 0 unspecified atom stereocenters. The Kier molecular flexibility index (Phi) is 3.82. The lowest BCUT2D eigenvalue weighted by molar-refractivity contribution is -0.114. The van der Waals surface area contributed by atoms with E-state index in [1.165, 1.54) is 0 Å². The van der Waals surface area contributed by atoms with E-state index in [1.54, 1.807) is 6.92 Å². The number of amides is 3. The number of hydrazone groups is 1. The highest BCUT2D eigenvalue weighted by Gasteiger charge is 2.26. The highest BCUT2D eigenvalue weighted by Crippen LogP contribution is 2.16. The molecule has 1 aliphatic rings. The molecule has 0 saturated carbocycles. The first-order chi connectivity index (χ1) is 7.82. The van der Waals surface area contributed by atoms with E-state index in [-0.39, 0.29) is 17.0 Å². The number of hydrogen-bond acceptors (Lipinski definition) is 4. The number of nitrogens with two attached hydrogens (primary N) is 1. The van der Waals surface area contributed by atoms with E-state index in [9.17, 15) is 9.59 Å². The van der Waals surface area contributed by atoms with Crippen LogP contribution in [0.4, 0.5) is 4.79 Å². The molecular formula is C10H17N5O2. The number of carbonyl (C=O) groups is 2. The minimum Gasteiger partial charge on any atom is -0.350 e. The van der Waals surface area contributed by atoms with Crippen LogP contribution in [0, 0.1) is 5.41 Å². The summed E-state index contributed by atoms with van der Waals surface area (Å²) in [5, 5.41) is 6.45.